The van der Waals surface area contributed by atoms with Gasteiger partial charge in [-0.3, -0.25) is 25.2 Å². The summed E-state index contributed by atoms with van der Waals surface area (Å²) in [7, 11) is -3.71. The Kier molecular flexibility index (Phi) is 6.84. The van der Waals surface area contributed by atoms with Gasteiger partial charge in [0, 0.05) is 16.8 Å². The average molecular weight is 436 g/mol. The van der Waals surface area contributed by atoms with Crippen LogP contribution in [-0.2, 0) is 10.0 Å². The largest absolute Gasteiger partial charge is 0.280 e. The van der Waals surface area contributed by atoms with Crippen molar-refractivity contribution in [2.24, 2.45) is 0 Å². The van der Waals surface area contributed by atoms with Crippen molar-refractivity contribution in [1.29, 1.82) is 0 Å². The Balaban J connectivity index is 1.58. The second-order valence-corrected chi connectivity index (χ2v) is 8.23. The fraction of sp³-hybridized carbons (Fsp3) is 0.0435. The fourth-order valence-electron chi connectivity index (χ4n) is 2.70. The molecule has 3 rings (SSSR count). The van der Waals surface area contributed by atoms with Crippen molar-refractivity contribution in [3.05, 3.63) is 107 Å². The Morgan fingerprint density at radius 2 is 1.39 bits per heavy atom. The van der Waals surface area contributed by atoms with Crippen LogP contribution in [0.4, 0.5) is 5.69 Å². The maximum absolute atomic E-state index is 12.2. The van der Waals surface area contributed by atoms with E-state index in [1.807, 2.05) is 24.3 Å². The summed E-state index contributed by atoms with van der Waals surface area (Å²) in [5, 5.41) is 1.07. The van der Waals surface area contributed by atoms with Gasteiger partial charge in [0.05, 0.1) is 5.41 Å². The summed E-state index contributed by atoms with van der Waals surface area (Å²) in [5.41, 5.74) is 7.26. The van der Waals surface area contributed by atoms with Crippen LogP contribution in [0.2, 0.25) is 0 Å². The van der Waals surface area contributed by atoms with Crippen LogP contribution >= 0.6 is 0 Å². The van der Waals surface area contributed by atoms with Gasteiger partial charge in [-0.15, -0.1) is 0 Å². The number of hydrogen-bond acceptors (Lipinski definition) is 4. The minimum atomic E-state index is -3.71. The van der Waals surface area contributed by atoms with Crippen LogP contribution in [0.15, 0.2) is 84.3 Å². The van der Waals surface area contributed by atoms with Crippen LogP contribution in [0, 0.1) is 6.92 Å². The van der Waals surface area contributed by atoms with E-state index >= 15 is 0 Å². The van der Waals surface area contributed by atoms with Gasteiger partial charge in [0.25, 0.3) is 21.8 Å². The molecule has 0 aliphatic rings. The van der Waals surface area contributed by atoms with Crippen molar-refractivity contribution < 1.29 is 18.0 Å². The van der Waals surface area contributed by atoms with Crippen LogP contribution in [0.5, 0.6) is 0 Å². The van der Waals surface area contributed by atoms with Gasteiger partial charge >= 0.3 is 0 Å². The fourth-order valence-corrected chi connectivity index (χ4v) is 3.57. The number of amides is 2. The zero-order valence-electron chi connectivity index (χ0n) is 16.7. The van der Waals surface area contributed by atoms with Crippen molar-refractivity contribution >= 4 is 33.6 Å². The van der Waals surface area contributed by atoms with E-state index in [-0.39, 0.29) is 5.56 Å². The Morgan fingerprint density at radius 1 is 0.774 bits per heavy atom. The number of nitrogens with one attached hydrogen (secondary N) is 3. The van der Waals surface area contributed by atoms with E-state index in [1.54, 1.807) is 37.3 Å². The van der Waals surface area contributed by atoms with Gasteiger partial charge in [-0.25, -0.2) is 8.42 Å². The summed E-state index contributed by atoms with van der Waals surface area (Å²) < 4.78 is 26.8. The molecule has 0 aliphatic heterocycles. The highest BCUT2D eigenvalue weighted by Crippen LogP contribution is 2.13. The van der Waals surface area contributed by atoms with Gasteiger partial charge in [-0.1, -0.05) is 48.5 Å². The molecule has 0 aromatic heterocycles. The molecule has 158 valence electrons. The minimum absolute atomic E-state index is 0.257. The predicted octanol–water partition coefficient (Wildman–Crippen LogP) is 3.48. The number of sulfonamides is 1. The number of carbonyl (C=O) groups is 2. The third-order valence-electron chi connectivity index (χ3n) is 4.33. The zero-order chi connectivity index (χ0) is 22.3. The molecule has 0 heterocycles. The monoisotopic (exact) mass is 435 g/mol. The first-order valence-corrected chi connectivity index (χ1v) is 10.9. The number of anilines is 1. The molecule has 3 aromatic carbocycles. The van der Waals surface area contributed by atoms with E-state index < -0.39 is 21.8 Å². The second-order valence-electron chi connectivity index (χ2n) is 6.66. The zero-order valence-corrected chi connectivity index (χ0v) is 17.5. The molecule has 31 heavy (non-hydrogen) atoms. The van der Waals surface area contributed by atoms with E-state index in [0.717, 1.165) is 16.5 Å². The summed E-state index contributed by atoms with van der Waals surface area (Å²) in [4.78, 5) is 24.4. The molecule has 0 radical (unpaired) electrons. The number of hydrazine groups is 1. The predicted molar refractivity (Wildman–Crippen MR) is 121 cm³/mol. The number of hydrogen-bond donors (Lipinski definition) is 3. The van der Waals surface area contributed by atoms with E-state index in [0.29, 0.717) is 11.3 Å². The van der Waals surface area contributed by atoms with Crippen LogP contribution in [0.25, 0.3) is 6.08 Å². The number of rotatable bonds is 6. The number of carbonyl (C=O) groups excluding carboxylic acids is 2. The SMILES string of the molecule is Cc1ccccc1C(=O)NNC(=O)c1ccc(NS(=O)(=O)/C=C/c2ccccc2)cc1. The average Bonchev–Trinajstić information content (AvgIpc) is 2.77. The Bertz CT molecular complexity index is 1210. The first-order valence-electron chi connectivity index (χ1n) is 9.36. The topological polar surface area (TPSA) is 104 Å². The number of benzene rings is 3. The molecule has 8 heteroatoms. The van der Waals surface area contributed by atoms with Gasteiger partial charge in [0.2, 0.25) is 0 Å². The lowest BCUT2D eigenvalue weighted by atomic mass is 10.1. The Labute approximate surface area is 180 Å². The van der Waals surface area contributed by atoms with E-state index in [4.69, 9.17) is 0 Å². The molecule has 0 bridgehead atoms. The Morgan fingerprint density at radius 3 is 2.06 bits per heavy atom. The molecular formula is C23H21N3O4S. The number of aryl methyl sites for hydroxylation is 1. The molecule has 2 amide bonds. The van der Waals surface area contributed by atoms with Crippen molar-refractivity contribution in [2.75, 3.05) is 4.72 Å². The first kappa shape index (κ1) is 21.8. The molecular weight excluding hydrogens is 414 g/mol. The van der Waals surface area contributed by atoms with Crippen LogP contribution in [0.1, 0.15) is 31.8 Å². The minimum Gasteiger partial charge on any atom is -0.280 e. The molecule has 0 saturated heterocycles. The van der Waals surface area contributed by atoms with Gasteiger partial charge < -0.3 is 0 Å². The molecule has 0 unspecified atom stereocenters. The van der Waals surface area contributed by atoms with Gasteiger partial charge in [0.1, 0.15) is 0 Å². The molecule has 0 aliphatic carbocycles. The molecule has 7 nitrogen and oxygen atoms in total. The molecule has 0 spiro atoms. The van der Waals surface area contributed by atoms with Gasteiger partial charge in [0.15, 0.2) is 0 Å². The molecule has 3 N–H and O–H groups in total. The summed E-state index contributed by atoms with van der Waals surface area (Å²) in [5.74, 6) is -0.957. The summed E-state index contributed by atoms with van der Waals surface area (Å²) >= 11 is 0. The quantitative estimate of drug-likeness (QED) is 0.516. The summed E-state index contributed by atoms with van der Waals surface area (Å²) in [6, 6.07) is 21.9. The van der Waals surface area contributed by atoms with Crippen molar-refractivity contribution in [1.82, 2.24) is 10.9 Å². The lowest BCUT2D eigenvalue weighted by Crippen LogP contribution is -2.41. The third kappa shape index (κ3) is 6.28. The smallest absolute Gasteiger partial charge is 0.269 e. The molecule has 3 aromatic rings. The highest BCUT2D eigenvalue weighted by atomic mass is 32.2. The maximum atomic E-state index is 12.2. The lowest BCUT2D eigenvalue weighted by molar-refractivity contribution is 0.0846. The maximum Gasteiger partial charge on any atom is 0.269 e. The molecule has 0 saturated carbocycles. The third-order valence-corrected chi connectivity index (χ3v) is 5.34. The van der Waals surface area contributed by atoms with E-state index in [2.05, 4.69) is 15.6 Å². The van der Waals surface area contributed by atoms with Crippen LogP contribution in [-0.4, -0.2) is 20.2 Å². The second kappa shape index (κ2) is 9.73. The van der Waals surface area contributed by atoms with E-state index in [9.17, 15) is 18.0 Å². The lowest BCUT2D eigenvalue weighted by Gasteiger charge is -2.10. The van der Waals surface area contributed by atoms with Gasteiger partial charge in [-0.2, -0.15) is 0 Å². The Hall–Kier alpha value is -3.91. The molecule has 0 atom stereocenters. The summed E-state index contributed by atoms with van der Waals surface area (Å²) in [6.07, 6.45) is 1.49. The van der Waals surface area contributed by atoms with Crippen molar-refractivity contribution in [3.63, 3.8) is 0 Å². The van der Waals surface area contributed by atoms with E-state index in [1.165, 1.54) is 30.3 Å². The highest BCUT2D eigenvalue weighted by molar-refractivity contribution is 7.95. The van der Waals surface area contributed by atoms with Gasteiger partial charge in [-0.05, 0) is 54.5 Å². The highest BCUT2D eigenvalue weighted by Gasteiger charge is 2.11. The van der Waals surface area contributed by atoms with Crippen molar-refractivity contribution in [2.45, 2.75) is 6.92 Å². The summed E-state index contributed by atoms with van der Waals surface area (Å²) in [6.45, 7) is 1.80. The molecule has 0 fully saturated rings. The van der Waals surface area contributed by atoms with Crippen molar-refractivity contribution in [3.8, 4) is 0 Å². The first-order chi connectivity index (χ1) is 14.8. The van der Waals surface area contributed by atoms with Crippen LogP contribution < -0.4 is 15.6 Å². The standard InChI is InChI=1S/C23H21N3O4S/c1-17-7-5-6-10-21(17)23(28)25-24-22(27)19-11-13-20(14-12-19)26-31(29,30)16-15-18-8-3-2-4-9-18/h2-16,26H,1H3,(H,24,27)(H,25,28)/b16-15+. The van der Waals surface area contributed by atoms with Crippen LogP contribution in [0.3, 0.4) is 0 Å². The normalized spacial score (nSPS) is 11.1.